The Hall–Kier alpha value is -2.10. The van der Waals surface area contributed by atoms with E-state index in [1.807, 2.05) is 30.3 Å². The molecule has 76 valence electrons. The van der Waals surface area contributed by atoms with Gasteiger partial charge in [-0.1, -0.05) is 30.3 Å². The summed E-state index contributed by atoms with van der Waals surface area (Å²) in [4.78, 5) is 16.9. The molecule has 0 saturated carbocycles. The molecule has 4 nitrogen and oxygen atoms in total. The van der Waals surface area contributed by atoms with Gasteiger partial charge >= 0.3 is 0 Å². The fourth-order valence-corrected chi connectivity index (χ4v) is 1.32. The lowest BCUT2D eigenvalue weighted by Gasteiger charge is -2.05. The van der Waals surface area contributed by atoms with Crippen molar-refractivity contribution in [2.75, 3.05) is 7.05 Å². The highest BCUT2D eigenvalue weighted by atomic mass is 16.2. The quantitative estimate of drug-likeness (QED) is 0.684. The van der Waals surface area contributed by atoms with Crippen LogP contribution in [0.25, 0.3) is 6.08 Å². The average Bonchev–Trinajstić information content (AvgIpc) is 2.48. The van der Waals surface area contributed by atoms with Gasteiger partial charge in [0.2, 0.25) is 5.96 Å². The largest absolute Gasteiger partial charge is 0.369 e. The monoisotopic (exact) mass is 201 g/mol. The molecule has 0 aromatic heterocycles. The molecule has 1 aromatic rings. The lowest BCUT2D eigenvalue weighted by molar-refractivity contribution is -0.121. The van der Waals surface area contributed by atoms with E-state index in [0.29, 0.717) is 5.70 Å². The van der Waals surface area contributed by atoms with Crippen LogP contribution in [0.5, 0.6) is 0 Å². The fraction of sp³-hybridized carbons (Fsp3) is 0.0909. The van der Waals surface area contributed by atoms with Gasteiger partial charge < -0.3 is 5.73 Å². The molecular weight excluding hydrogens is 190 g/mol. The van der Waals surface area contributed by atoms with Gasteiger partial charge in [0.15, 0.2) is 0 Å². The summed E-state index contributed by atoms with van der Waals surface area (Å²) >= 11 is 0. The number of hydrogen-bond donors (Lipinski definition) is 1. The van der Waals surface area contributed by atoms with E-state index in [9.17, 15) is 4.79 Å². The predicted molar refractivity (Wildman–Crippen MR) is 58.8 cm³/mol. The summed E-state index contributed by atoms with van der Waals surface area (Å²) in [6, 6.07) is 9.54. The summed E-state index contributed by atoms with van der Waals surface area (Å²) in [5, 5.41) is 0. The molecule has 0 saturated heterocycles. The van der Waals surface area contributed by atoms with Crippen molar-refractivity contribution in [1.29, 1.82) is 0 Å². The Balaban J connectivity index is 2.34. The number of carbonyl (C=O) groups excluding carboxylic acids is 1. The molecule has 0 atom stereocenters. The van der Waals surface area contributed by atoms with Crippen LogP contribution in [0, 0.1) is 0 Å². The highest BCUT2D eigenvalue weighted by molar-refractivity contribution is 6.12. The molecule has 2 rings (SSSR count). The van der Waals surface area contributed by atoms with Crippen molar-refractivity contribution in [1.82, 2.24) is 4.90 Å². The number of aliphatic imine (C=N–C) groups is 1. The van der Waals surface area contributed by atoms with Gasteiger partial charge in [0, 0.05) is 7.05 Å². The van der Waals surface area contributed by atoms with Crippen LogP contribution >= 0.6 is 0 Å². The zero-order valence-corrected chi connectivity index (χ0v) is 8.34. The summed E-state index contributed by atoms with van der Waals surface area (Å²) < 4.78 is 0. The van der Waals surface area contributed by atoms with Crippen molar-refractivity contribution >= 4 is 17.9 Å². The van der Waals surface area contributed by atoms with E-state index >= 15 is 0 Å². The topological polar surface area (TPSA) is 58.7 Å². The molecular formula is C11H11N3O. The van der Waals surface area contributed by atoms with Crippen molar-refractivity contribution in [3.05, 3.63) is 41.6 Å². The number of nitrogens with zero attached hydrogens (tertiary/aromatic N) is 2. The number of rotatable bonds is 1. The van der Waals surface area contributed by atoms with E-state index < -0.39 is 0 Å². The van der Waals surface area contributed by atoms with Gasteiger partial charge in [0.1, 0.15) is 5.70 Å². The second-order valence-electron chi connectivity index (χ2n) is 3.27. The van der Waals surface area contributed by atoms with Crippen LogP contribution in [-0.2, 0) is 4.79 Å². The minimum absolute atomic E-state index is 0.170. The van der Waals surface area contributed by atoms with Crippen LogP contribution in [-0.4, -0.2) is 23.8 Å². The first kappa shape index (κ1) is 9.45. The number of amides is 1. The van der Waals surface area contributed by atoms with Crippen LogP contribution in [0.1, 0.15) is 5.56 Å². The van der Waals surface area contributed by atoms with E-state index in [0.717, 1.165) is 5.56 Å². The zero-order chi connectivity index (χ0) is 10.8. The first-order valence-electron chi connectivity index (χ1n) is 4.57. The maximum Gasteiger partial charge on any atom is 0.279 e. The molecule has 1 aliphatic heterocycles. The maximum absolute atomic E-state index is 11.6. The Morgan fingerprint density at radius 2 is 2.00 bits per heavy atom. The number of hydrogen-bond acceptors (Lipinski definition) is 3. The number of carbonyl (C=O) groups is 1. The third kappa shape index (κ3) is 1.74. The SMILES string of the molecule is CN1C(=O)/C(=C/c2ccccc2)N=C1N. The van der Waals surface area contributed by atoms with Crippen molar-refractivity contribution < 1.29 is 4.79 Å². The summed E-state index contributed by atoms with van der Waals surface area (Å²) in [6.07, 6.45) is 1.72. The zero-order valence-electron chi connectivity index (χ0n) is 8.34. The summed E-state index contributed by atoms with van der Waals surface area (Å²) in [6.45, 7) is 0. The predicted octanol–water partition coefficient (Wildman–Crippen LogP) is 0.814. The normalized spacial score (nSPS) is 18.5. The van der Waals surface area contributed by atoms with Gasteiger partial charge in [-0.3, -0.25) is 9.69 Å². The van der Waals surface area contributed by atoms with Gasteiger partial charge in [-0.2, -0.15) is 0 Å². The van der Waals surface area contributed by atoms with Gasteiger partial charge in [0.25, 0.3) is 5.91 Å². The van der Waals surface area contributed by atoms with E-state index in [1.165, 1.54) is 4.90 Å². The van der Waals surface area contributed by atoms with Crippen LogP contribution < -0.4 is 5.73 Å². The Kier molecular flexibility index (Phi) is 2.25. The Labute approximate surface area is 87.7 Å². The molecule has 4 heteroatoms. The Bertz CT molecular complexity index is 448. The molecule has 0 fully saturated rings. The van der Waals surface area contributed by atoms with Crippen molar-refractivity contribution in [3.8, 4) is 0 Å². The molecule has 1 amide bonds. The standard InChI is InChI=1S/C11H11N3O/c1-14-10(15)9(13-11(14)12)7-8-5-3-2-4-6-8/h2-7H,1H3,(H2,12,13)/b9-7-. The average molecular weight is 201 g/mol. The van der Waals surface area contributed by atoms with Crippen LogP contribution in [0.2, 0.25) is 0 Å². The lowest BCUT2D eigenvalue weighted by Crippen LogP contribution is -2.33. The summed E-state index contributed by atoms with van der Waals surface area (Å²) in [5.41, 5.74) is 6.84. The smallest absolute Gasteiger partial charge is 0.279 e. The summed E-state index contributed by atoms with van der Waals surface area (Å²) in [7, 11) is 1.60. The molecule has 1 aliphatic rings. The third-order valence-corrected chi connectivity index (χ3v) is 2.21. The van der Waals surface area contributed by atoms with Gasteiger partial charge in [-0.15, -0.1) is 0 Å². The van der Waals surface area contributed by atoms with Crippen molar-refractivity contribution in [3.63, 3.8) is 0 Å². The Morgan fingerprint density at radius 1 is 1.33 bits per heavy atom. The van der Waals surface area contributed by atoms with Crippen molar-refractivity contribution in [2.45, 2.75) is 0 Å². The molecule has 0 radical (unpaired) electrons. The molecule has 1 aromatic carbocycles. The summed E-state index contributed by atoms with van der Waals surface area (Å²) in [5.74, 6) is 0.0681. The number of likely N-dealkylation sites (N-methyl/N-ethyl adjacent to an activating group) is 1. The van der Waals surface area contributed by atoms with E-state index in [4.69, 9.17) is 5.73 Å². The molecule has 15 heavy (non-hydrogen) atoms. The van der Waals surface area contributed by atoms with Crippen molar-refractivity contribution in [2.24, 2.45) is 10.7 Å². The molecule has 0 bridgehead atoms. The minimum Gasteiger partial charge on any atom is -0.369 e. The number of guanidine groups is 1. The van der Waals surface area contributed by atoms with Crippen LogP contribution in [0.3, 0.4) is 0 Å². The highest BCUT2D eigenvalue weighted by Gasteiger charge is 2.24. The first-order valence-corrected chi connectivity index (χ1v) is 4.57. The number of nitrogens with two attached hydrogens (primary N) is 1. The molecule has 2 N–H and O–H groups in total. The first-order chi connectivity index (χ1) is 7.18. The number of benzene rings is 1. The fourth-order valence-electron chi connectivity index (χ4n) is 1.32. The minimum atomic E-state index is -0.170. The van der Waals surface area contributed by atoms with E-state index in [-0.39, 0.29) is 11.9 Å². The lowest BCUT2D eigenvalue weighted by atomic mass is 10.2. The second kappa shape index (κ2) is 3.57. The molecule has 0 unspecified atom stereocenters. The maximum atomic E-state index is 11.6. The molecule has 1 heterocycles. The highest BCUT2D eigenvalue weighted by Crippen LogP contribution is 2.14. The second-order valence-corrected chi connectivity index (χ2v) is 3.27. The van der Waals surface area contributed by atoms with E-state index in [2.05, 4.69) is 4.99 Å². The van der Waals surface area contributed by atoms with Gasteiger partial charge in [-0.25, -0.2) is 4.99 Å². The van der Waals surface area contributed by atoms with E-state index in [1.54, 1.807) is 13.1 Å². The van der Waals surface area contributed by atoms with Crippen LogP contribution in [0.4, 0.5) is 0 Å². The molecule has 0 aliphatic carbocycles. The van der Waals surface area contributed by atoms with Gasteiger partial charge in [0.05, 0.1) is 0 Å². The Morgan fingerprint density at radius 3 is 2.53 bits per heavy atom. The van der Waals surface area contributed by atoms with Gasteiger partial charge in [-0.05, 0) is 11.6 Å². The van der Waals surface area contributed by atoms with Crippen LogP contribution in [0.15, 0.2) is 41.0 Å². The third-order valence-electron chi connectivity index (χ3n) is 2.21. The molecule has 0 spiro atoms.